The first-order valence-corrected chi connectivity index (χ1v) is 8.52. The van der Waals surface area contributed by atoms with Crippen LogP contribution in [0.15, 0.2) is 42.5 Å². The number of carbonyl (C=O) groups excluding carboxylic acids is 2. The Morgan fingerprint density at radius 3 is 2.64 bits per heavy atom. The topological polar surface area (TPSA) is 71.1 Å². The number of halogens is 1. The van der Waals surface area contributed by atoms with Crippen molar-refractivity contribution in [3.05, 3.63) is 53.8 Å². The Balaban J connectivity index is 1.79. The number of carbonyl (C=O) groups is 2. The minimum Gasteiger partial charge on any atom is -0.322 e. The van der Waals surface area contributed by atoms with Crippen molar-refractivity contribution in [3.63, 3.8) is 0 Å². The van der Waals surface area contributed by atoms with Crippen molar-refractivity contribution in [2.75, 3.05) is 10.6 Å². The van der Waals surface area contributed by atoms with Gasteiger partial charge >= 0.3 is 0 Å². The molecule has 0 atom stereocenters. The molecule has 0 radical (unpaired) electrons. The van der Waals surface area contributed by atoms with Crippen LogP contribution >= 0.6 is 11.3 Å². The molecule has 7 heteroatoms. The maximum Gasteiger partial charge on any atom is 0.255 e. The van der Waals surface area contributed by atoms with Gasteiger partial charge in [0.25, 0.3) is 5.91 Å². The molecule has 3 rings (SSSR count). The molecule has 0 aliphatic rings. The summed E-state index contributed by atoms with van der Waals surface area (Å²) in [5, 5.41) is 6.00. The largest absolute Gasteiger partial charge is 0.322 e. The summed E-state index contributed by atoms with van der Waals surface area (Å²) in [4.78, 5) is 28.3. The summed E-state index contributed by atoms with van der Waals surface area (Å²) in [5.74, 6) is -1.10. The molecule has 0 saturated carbocycles. The van der Waals surface area contributed by atoms with E-state index in [-0.39, 0.29) is 17.4 Å². The number of nitrogens with one attached hydrogen (secondary N) is 2. The minimum absolute atomic E-state index is 0.0984. The minimum atomic E-state index is -0.465. The van der Waals surface area contributed by atoms with E-state index in [4.69, 9.17) is 0 Å². The first-order chi connectivity index (χ1) is 11.9. The highest BCUT2D eigenvalue weighted by Crippen LogP contribution is 2.28. The second-order valence-electron chi connectivity index (χ2n) is 5.81. The van der Waals surface area contributed by atoms with Crippen LogP contribution in [-0.2, 0) is 4.79 Å². The molecule has 2 amide bonds. The average molecular weight is 357 g/mol. The van der Waals surface area contributed by atoms with E-state index in [1.807, 2.05) is 19.9 Å². The fourth-order valence-corrected chi connectivity index (χ4v) is 2.99. The third-order valence-electron chi connectivity index (χ3n) is 3.49. The maximum atomic E-state index is 13.2. The Morgan fingerprint density at radius 1 is 1.12 bits per heavy atom. The number of anilines is 2. The molecule has 0 saturated heterocycles. The summed E-state index contributed by atoms with van der Waals surface area (Å²) in [7, 11) is 0. The van der Waals surface area contributed by atoms with Gasteiger partial charge in [0.2, 0.25) is 5.91 Å². The van der Waals surface area contributed by atoms with Crippen molar-refractivity contribution in [2.24, 2.45) is 5.92 Å². The quantitative estimate of drug-likeness (QED) is 0.732. The Bertz CT molecular complexity index is 952. The second-order valence-corrected chi connectivity index (χ2v) is 6.84. The number of thiazole rings is 1. The Hall–Kier alpha value is -2.80. The third-order valence-corrected chi connectivity index (χ3v) is 4.44. The van der Waals surface area contributed by atoms with E-state index in [0.29, 0.717) is 16.3 Å². The lowest BCUT2D eigenvalue weighted by Gasteiger charge is -2.05. The molecule has 1 aromatic heterocycles. The molecule has 0 fully saturated rings. The van der Waals surface area contributed by atoms with E-state index in [9.17, 15) is 14.0 Å². The summed E-state index contributed by atoms with van der Waals surface area (Å²) in [6.45, 7) is 3.62. The summed E-state index contributed by atoms with van der Waals surface area (Å²) in [6.07, 6.45) is 0. The van der Waals surface area contributed by atoms with Crippen molar-refractivity contribution >= 4 is 44.2 Å². The fraction of sp³-hybridized carbons (Fsp3) is 0.167. The molecule has 1 heterocycles. The van der Waals surface area contributed by atoms with E-state index in [1.54, 1.807) is 18.2 Å². The van der Waals surface area contributed by atoms with Gasteiger partial charge in [-0.25, -0.2) is 9.37 Å². The van der Waals surface area contributed by atoms with E-state index in [2.05, 4.69) is 15.6 Å². The molecule has 0 bridgehead atoms. The van der Waals surface area contributed by atoms with Gasteiger partial charge in [-0.05, 0) is 36.4 Å². The number of hydrogen-bond acceptors (Lipinski definition) is 4. The van der Waals surface area contributed by atoms with Gasteiger partial charge in [-0.2, -0.15) is 0 Å². The van der Waals surface area contributed by atoms with Crippen LogP contribution in [0.5, 0.6) is 0 Å². The van der Waals surface area contributed by atoms with Gasteiger partial charge in [-0.1, -0.05) is 31.3 Å². The van der Waals surface area contributed by atoms with Crippen LogP contribution in [0, 0.1) is 11.7 Å². The summed E-state index contributed by atoms with van der Waals surface area (Å²) < 4.78 is 14.1. The lowest BCUT2D eigenvalue weighted by molar-refractivity contribution is -0.118. The van der Waals surface area contributed by atoms with Crippen molar-refractivity contribution in [3.8, 4) is 0 Å². The highest BCUT2D eigenvalue weighted by atomic mass is 32.1. The number of fused-ring (bicyclic) bond motifs is 1. The highest BCUT2D eigenvalue weighted by molar-refractivity contribution is 7.22. The van der Waals surface area contributed by atoms with Gasteiger partial charge in [0.1, 0.15) is 5.82 Å². The average Bonchev–Trinajstić information content (AvgIpc) is 2.96. The molecule has 25 heavy (non-hydrogen) atoms. The molecule has 2 N–H and O–H groups in total. The number of benzene rings is 2. The van der Waals surface area contributed by atoms with Crippen LogP contribution in [0.3, 0.4) is 0 Å². The molecule has 128 valence electrons. The monoisotopic (exact) mass is 357 g/mol. The van der Waals surface area contributed by atoms with Gasteiger partial charge < -0.3 is 10.6 Å². The molecule has 0 spiro atoms. The second kappa shape index (κ2) is 6.98. The zero-order valence-electron chi connectivity index (χ0n) is 13.7. The molecular weight excluding hydrogens is 341 g/mol. The van der Waals surface area contributed by atoms with E-state index in [1.165, 1.54) is 29.5 Å². The molecular formula is C18H16FN3O2S. The smallest absolute Gasteiger partial charge is 0.255 e. The number of nitrogens with zero attached hydrogens (tertiary/aromatic N) is 1. The summed E-state index contributed by atoms with van der Waals surface area (Å²) in [6, 6.07) is 10.8. The third kappa shape index (κ3) is 4.00. The van der Waals surface area contributed by atoms with Crippen LogP contribution in [0.25, 0.3) is 10.2 Å². The zero-order chi connectivity index (χ0) is 18.0. The standard InChI is InChI=1S/C18H16FN3O2S/c1-10(2)16(23)22-18-21-14-9-13(6-7-15(14)25-18)20-17(24)11-4-3-5-12(19)8-11/h3-10H,1-2H3,(H,20,24)(H,21,22,23). The van der Waals surface area contributed by atoms with Crippen molar-refractivity contribution in [1.29, 1.82) is 0 Å². The highest BCUT2D eigenvalue weighted by Gasteiger charge is 2.12. The van der Waals surface area contributed by atoms with Crippen LogP contribution in [0.1, 0.15) is 24.2 Å². The van der Waals surface area contributed by atoms with Crippen LogP contribution < -0.4 is 10.6 Å². The maximum absolute atomic E-state index is 13.2. The molecule has 2 aromatic carbocycles. The predicted octanol–water partition coefficient (Wildman–Crippen LogP) is 4.28. The van der Waals surface area contributed by atoms with Crippen LogP contribution in [0.2, 0.25) is 0 Å². The van der Waals surface area contributed by atoms with Crippen molar-refractivity contribution in [1.82, 2.24) is 4.98 Å². The van der Waals surface area contributed by atoms with Gasteiger partial charge in [0, 0.05) is 17.2 Å². The molecule has 0 aliphatic heterocycles. The van der Waals surface area contributed by atoms with Gasteiger partial charge in [-0.3, -0.25) is 9.59 Å². The summed E-state index contributed by atoms with van der Waals surface area (Å²) in [5.41, 5.74) is 1.46. The van der Waals surface area contributed by atoms with Crippen molar-refractivity contribution in [2.45, 2.75) is 13.8 Å². The number of rotatable bonds is 4. The lowest BCUT2D eigenvalue weighted by Crippen LogP contribution is -2.17. The molecule has 3 aromatic rings. The lowest BCUT2D eigenvalue weighted by atomic mass is 10.2. The van der Waals surface area contributed by atoms with Crippen LogP contribution in [-0.4, -0.2) is 16.8 Å². The van der Waals surface area contributed by atoms with Gasteiger partial charge in [-0.15, -0.1) is 0 Å². The number of amides is 2. The fourth-order valence-electron chi connectivity index (χ4n) is 2.14. The predicted molar refractivity (Wildman–Crippen MR) is 97.4 cm³/mol. The Morgan fingerprint density at radius 2 is 1.92 bits per heavy atom. The van der Waals surface area contributed by atoms with E-state index >= 15 is 0 Å². The van der Waals surface area contributed by atoms with Crippen molar-refractivity contribution < 1.29 is 14.0 Å². The molecule has 0 unspecified atom stereocenters. The first kappa shape index (κ1) is 17.0. The van der Waals surface area contributed by atoms with Gasteiger partial charge in [0.05, 0.1) is 10.2 Å². The molecule has 5 nitrogen and oxygen atoms in total. The molecule has 0 aliphatic carbocycles. The summed E-state index contributed by atoms with van der Waals surface area (Å²) >= 11 is 1.36. The Labute approximate surface area is 147 Å². The van der Waals surface area contributed by atoms with E-state index < -0.39 is 11.7 Å². The first-order valence-electron chi connectivity index (χ1n) is 7.71. The Kier molecular flexibility index (Phi) is 4.76. The van der Waals surface area contributed by atoms with Gasteiger partial charge in [0.15, 0.2) is 5.13 Å². The van der Waals surface area contributed by atoms with Crippen LogP contribution in [0.4, 0.5) is 15.2 Å². The number of aromatic nitrogens is 1. The number of hydrogen-bond donors (Lipinski definition) is 2. The SMILES string of the molecule is CC(C)C(=O)Nc1nc2cc(NC(=O)c3cccc(F)c3)ccc2s1. The normalized spacial score (nSPS) is 10.9. The van der Waals surface area contributed by atoms with E-state index in [0.717, 1.165) is 4.70 Å². The zero-order valence-corrected chi connectivity index (χ0v) is 14.5.